The Bertz CT molecular complexity index is 667. The summed E-state index contributed by atoms with van der Waals surface area (Å²) in [5.74, 6) is 2.05. The van der Waals surface area contributed by atoms with E-state index >= 15 is 0 Å². The summed E-state index contributed by atoms with van der Waals surface area (Å²) in [6.07, 6.45) is 10.2. The van der Waals surface area contributed by atoms with Crippen molar-refractivity contribution in [3.63, 3.8) is 0 Å². The number of aryl methyl sites for hydroxylation is 1. The Labute approximate surface area is 162 Å². The molecule has 3 unspecified atom stereocenters. The number of rotatable bonds is 4. The molecule has 27 heavy (non-hydrogen) atoms. The van der Waals surface area contributed by atoms with Crippen LogP contribution in [0.4, 0.5) is 0 Å². The highest BCUT2D eigenvalue weighted by atomic mass is 16.2. The number of aliphatic imine (C=N–C) groups is 1. The zero-order chi connectivity index (χ0) is 19.4. The van der Waals surface area contributed by atoms with Crippen molar-refractivity contribution in [3.8, 4) is 0 Å². The standard InChI is InChI=1S/C20H34N6O/c1-15-7-5-6-8-18(15)23-20(21-12-19(27)24(2)3)26-10-9-16(14-26)17-11-22-25(4)13-17/h11,13,15-16,18H,5-10,12,14H2,1-4H3,(H,21,23). The minimum Gasteiger partial charge on any atom is -0.353 e. The van der Waals surface area contributed by atoms with Crippen LogP contribution in [-0.4, -0.2) is 71.2 Å². The molecule has 1 N–H and O–H groups in total. The van der Waals surface area contributed by atoms with E-state index < -0.39 is 0 Å². The minimum absolute atomic E-state index is 0.0361. The number of carbonyl (C=O) groups is 1. The van der Waals surface area contributed by atoms with Crippen LogP contribution in [0.2, 0.25) is 0 Å². The molecular formula is C20H34N6O. The Hall–Kier alpha value is -2.05. The normalized spacial score (nSPS) is 26.3. The Balaban J connectivity index is 1.70. The van der Waals surface area contributed by atoms with Gasteiger partial charge in [-0.1, -0.05) is 19.8 Å². The maximum Gasteiger partial charge on any atom is 0.243 e. The molecule has 3 atom stereocenters. The van der Waals surface area contributed by atoms with E-state index in [1.165, 1.54) is 31.2 Å². The first-order valence-electron chi connectivity index (χ1n) is 10.2. The molecule has 1 aliphatic carbocycles. The summed E-state index contributed by atoms with van der Waals surface area (Å²) in [5, 5.41) is 8.02. The van der Waals surface area contributed by atoms with Crippen molar-refractivity contribution in [3.05, 3.63) is 18.0 Å². The van der Waals surface area contributed by atoms with Crippen molar-refractivity contribution in [2.24, 2.45) is 18.0 Å². The average Bonchev–Trinajstić information content (AvgIpc) is 3.28. The van der Waals surface area contributed by atoms with Crippen LogP contribution in [0.15, 0.2) is 17.4 Å². The third kappa shape index (κ3) is 5.02. The van der Waals surface area contributed by atoms with Crippen LogP contribution in [0.5, 0.6) is 0 Å². The SMILES string of the molecule is CC1CCCCC1NC(=NCC(=O)N(C)C)N1CCC(c2cnn(C)c2)C1. The number of amides is 1. The Morgan fingerprint density at radius 2 is 2.11 bits per heavy atom. The first-order chi connectivity index (χ1) is 12.9. The number of hydrogen-bond acceptors (Lipinski definition) is 3. The van der Waals surface area contributed by atoms with E-state index in [9.17, 15) is 4.79 Å². The fourth-order valence-corrected chi connectivity index (χ4v) is 4.09. The number of nitrogens with one attached hydrogen (secondary N) is 1. The third-order valence-corrected chi connectivity index (χ3v) is 5.97. The molecule has 2 heterocycles. The first kappa shape index (κ1) is 19.7. The van der Waals surface area contributed by atoms with E-state index in [0.29, 0.717) is 17.9 Å². The molecule has 0 spiro atoms. The zero-order valence-corrected chi connectivity index (χ0v) is 17.2. The van der Waals surface area contributed by atoms with Gasteiger partial charge in [0.25, 0.3) is 0 Å². The van der Waals surface area contributed by atoms with Gasteiger partial charge < -0.3 is 15.1 Å². The van der Waals surface area contributed by atoms with Gasteiger partial charge in [0.2, 0.25) is 5.91 Å². The second kappa shape index (κ2) is 8.76. The minimum atomic E-state index is 0.0361. The number of likely N-dealkylation sites (tertiary alicyclic amines) is 1. The highest BCUT2D eigenvalue weighted by Gasteiger charge is 2.30. The van der Waals surface area contributed by atoms with Crippen LogP contribution in [-0.2, 0) is 11.8 Å². The molecule has 1 saturated carbocycles. The zero-order valence-electron chi connectivity index (χ0n) is 17.2. The quantitative estimate of drug-likeness (QED) is 0.645. The number of nitrogens with zero attached hydrogens (tertiary/aromatic N) is 5. The molecule has 7 nitrogen and oxygen atoms in total. The lowest BCUT2D eigenvalue weighted by molar-refractivity contribution is -0.127. The van der Waals surface area contributed by atoms with Gasteiger partial charge >= 0.3 is 0 Å². The van der Waals surface area contributed by atoms with Gasteiger partial charge in [0, 0.05) is 52.4 Å². The molecule has 1 aliphatic heterocycles. The Morgan fingerprint density at radius 1 is 1.33 bits per heavy atom. The highest BCUT2D eigenvalue weighted by Crippen LogP contribution is 2.28. The van der Waals surface area contributed by atoms with Gasteiger partial charge in [-0.25, -0.2) is 4.99 Å². The average molecular weight is 375 g/mol. The number of guanidine groups is 1. The molecule has 0 bridgehead atoms. The lowest BCUT2D eigenvalue weighted by Crippen LogP contribution is -2.48. The Morgan fingerprint density at radius 3 is 2.78 bits per heavy atom. The van der Waals surface area contributed by atoms with Crippen LogP contribution in [0.3, 0.4) is 0 Å². The lowest BCUT2D eigenvalue weighted by atomic mass is 9.86. The number of carbonyl (C=O) groups excluding carboxylic acids is 1. The van der Waals surface area contributed by atoms with Gasteiger partial charge in [-0.3, -0.25) is 9.48 Å². The maximum atomic E-state index is 12.1. The largest absolute Gasteiger partial charge is 0.353 e. The number of likely N-dealkylation sites (N-methyl/N-ethyl adjacent to an activating group) is 1. The van der Waals surface area contributed by atoms with E-state index in [0.717, 1.165) is 25.5 Å². The summed E-state index contributed by atoms with van der Waals surface area (Å²) in [7, 11) is 5.52. The van der Waals surface area contributed by atoms with Gasteiger partial charge in [0.1, 0.15) is 6.54 Å². The van der Waals surface area contributed by atoms with Crippen LogP contribution in [0, 0.1) is 5.92 Å². The summed E-state index contributed by atoms with van der Waals surface area (Å²) in [6.45, 7) is 4.41. The lowest BCUT2D eigenvalue weighted by Gasteiger charge is -2.33. The number of hydrogen-bond donors (Lipinski definition) is 1. The van der Waals surface area contributed by atoms with Gasteiger partial charge in [-0.05, 0) is 30.7 Å². The summed E-state index contributed by atoms with van der Waals surface area (Å²) in [5.41, 5.74) is 1.29. The van der Waals surface area contributed by atoms with Gasteiger partial charge in [0.05, 0.1) is 6.20 Å². The first-order valence-corrected chi connectivity index (χ1v) is 10.2. The van der Waals surface area contributed by atoms with Gasteiger partial charge in [-0.15, -0.1) is 0 Å². The van der Waals surface area contributed by atoms with Crippen molar-refractivity contribution in [2.45, 2.75) is 51.0 Å². The van der Waals surface area contributed by atoms with E-state index in [1.807, 2.05) is 17.9 Å². The van der Waals surface area contributed by atoms with Crippen molar-refractivity contribution in [2.75, 3.05) is 33.7 Å². The van der Waals surface area contributed by atoms with Crippen molar-refractivity contribution >= 4 is 11.9 Å². The van der Waals surface area contributed by atoms with Crippen LogP contribution >= 0.6 is 0 Å². The maximum absolute atomic E-state index is 12.1. The summed E-state index contributed by atoms with van der Waals surface area (Å²) in [4.78, 5) is 20.7. The van der Waals surface area contributed by atoms with Crippen LogP contribution in [0.1, 0.15) is 50.5 Å². The highest BCUT2D eigenvalue weighted by molar-refractivity contribution is 5.85. The third-order valence-electron chi connectivity index (χ3n) is 5.97. The Kier molecular flexibility index (Phi) is 6.39. The molecule has 2 fully saturated rings. The van der Waals surface area contributed by atoms with Crippen LogP contribution < -0.4 is 5.32 Å². The fraction of sp³-hybridized carbons (Fsp3) is 0.750. The molecule has 0 aromatic carbocycles. The second-order valence-corrected chi connectivity index (χ2v) is 8.32. The fourth-order valence-electron chi connectivity index (χ4n) is 4.09. The van der Waals surface area contributed by atoms with E-state index in [2.05, 4.69) is 28.4 Å². The molecule has 7 heteroatoms. The predicted octanol–water partition coefficient (Wildman–Crippen LogP) is 1.82. The van der Waals surface area contributed by atoms with E-state index in [4.69, 9.17) is 4.99 Å². The molecule has 1 saturated heterocycles. The summed E-state index contributed by atoms with van der Waals surface area (Å²) < 4.78 is 1.87. The smallest absolute Gasteiger partial charge is 0.243 e. The van der Waals surface area contributed by atoms with Crippen LogP contribution in [0.25, 0.3) is 0 Å². The van der Waals surface area contributed by atoms with Gasteiger partial charge in [0.15, 0.2) is 5.96 Å². The molecular weight excluding hydrogens is 340 g/mol. The molecule has 1 amide bonds. The van der Waals surface area contributed by atoms with E-state index in [-0.39, 0.29) is 12.5 Å². The van der Waals surface area contributed by atoms with Crippen molar-refractivity contribution in [1.82, 2.24) is 24.9 Å². The monoisotopic (exact) mass is 374 g/mol. The van der Waals surface area contributed by atoms with Crippen molar-refractivity contribution in [1.29, 1.82) is 0 Å². The van der Waals surface area contributed by atoms with Gasteiger partial charge in [-0.2, -0.15) is 5.10 Å². The van der Waals surface area contributed by atoms with Crippen molar-refractivity contribution < 1.29 is 4.79 Å². The van der Waals surface area contributed by atoms with E-state index in [1.54, 1.807) is 19.0 Å². The predicted molar refractivity (Wildman–Crippen MR) is 108 cm³/mol. The molecule has 0 radical (unpaired) electrons. The molecule has 3 rings (SSSR count). The molecule has 1 aromatic rings. The number of aromatic nitrogens is 2. The summed E-state index contributed by atoms with van der Waals surface area (Å²) in [6, 6.07) is 0.449. The summed E-state index contributed by atoms with van der Waals surface area (Å²) >= 11 is 0. The molecule has 1 aromatic heterocycles. The molecule has 150 valence electrons. The molecule has 2 aliphatic rings. The topological polar surface area (TPSA) is 65.8 Å². The second-order valence-electron chi connectivity index (χ2n) is 8.32.